The first-order valence-corrected chi connectivity index (χ1v) is 6.47. The number of anilines is 2. The summed E-state index contributed by atoms with van der Waals surface area (Å²) < 4.78 is 2.10. The molecule has 0 aliphatic carbocycles. The average molecular weight is 249 g/mol. The van der Waals surface area contributed by atoms with Crippen molar-refractivity contribution in [1.82, 2.24) is 0 Å². The van der Waals surface area contributed by atoms with Crippen LogP contribution in [0.2, 0.25) is 0 Å². The Labute approximate surface area is 113 Å². The molecule has 0 atom stereocenters. The van der Waals surface area contributed by atoms with E-state index >= 15 is 0 Å². The number of pyridine rings is 2. The molecule has 0 radical (unpaired) electrons. The summed E-state index contributed by atoms with van der Waals surface area (Å²) in [6, 6.07) is 16.9. The molecule has 2 heterocycles. The number of nitrogens with zero attached hydrogens (tertiary/aromatic N) is 1. The molecule has 2 heteroatoms. The molecule has 3 aromatic rings. The van der Waals surface area contributed by atoms with Gasteiger partial charge >= 0.3 is 0 Å². The number of aryl methyl sites for hydroxylation is 2. The van der Waals surface area contributed by atoms with Crippen LogP contribution in [-0.4, -0.2) is 0 Å². The van der Waals surface area contributed by atoms with Gasteiger partial charge in [-0.1, -0.05) is 6.07 Å². The Morgan fingerprint density at radius 2 is 1.63 bits per heavy atom. The Morgan fingerprint density at radius 1 is 0.789 bits per heavy atom. The van der Waals surface area contributed by atoms with Gasteiger partial charge in [0.2, 0.25) is 5.52 Å². The van der Waals surface area contributed by atoms with Gasteiger partial charge in [0.25, 0.3) is 0 Å². The molecular weight excluding hydrogens is 232 g/mol. The third-order valence-electron chi connectivity index (χ3n) is 3.44. The maximum atomic E-state index is 3.45. The van der Waals surface area contributed by atoms with Crippen LogP contribution in [0.15, 0.2) is 60.9 Å². The zero-order valence-electron chi connectivity index (χ0n) is 11.2. The minimum Gasteiger partial charge on any atom is -0.355 e. The van der Waals surface area contributed by atoms with E-state index in [1.54, 1.807) is 0 Å². The quantitative estimate of drug-likeness (QED) is 0.683. The first kappa shape index (κ1) is 11.7. The van der Waals surface area contributed by atoms with Crippen molar-refractivity contribution in [2.24, 2.45) is 0 Å². The van der Waals surface area contributed by atoms with Gasteiger partial charge in [-0.05, 0) is 43.2 Å². The SMILES string of the molecule is Cc1ccc(Nc2cc[n+]3ccccc3c2)cc1C. The predicted molar refractivity (Wildman–Crippen MR) is 78.8 cm³/mol. The standard InChI is InChI=1S/C17H16N2/c1-13-6-7-15(11-14(13)2)18-16-8-10-19-9-4-3-5-17(19)12-16/h3-12H,1-2H3/p+1. The second kappa shape index (κ2) is 4.73. The second-order valence-electron chi connectivity index (χ2n) is 4.87. The van der Waals surface area contributed by atoms with Crippen LogP contribution in [0.25, 0.3) is 5.52 Å². The molecular formula is C17H17N2+. The van der Waals surface area contributed by atoms with E-state index in [0.717, 1.165) is 11.4 Å². The van der Waals surface area contributed by atoms with Crippen molar-refractivity contribution in [1.29, 1.82) is 0 Å². The van der Waals surface area contributed by atoms with Crippen molar-refractivity contribution >= 4 is 16.9 Å². The topological polar surface area (TPSA) is 16.1 Å². The van der Waals surface area contributed by atoms with Crippen molar-refractivity contribution in [2.75, 3.05) is 5.32 Å². The van der Waals surface area contributed by atoms with Crippen LogP contribution in [0.1, 0.15) is 11.1 Å². The molecule has 1 N–H and O–H groups in total. The van der Waals surface area contributed by atoms with E-state index in [9.17, 15) is 0 Å². The summed E-state index contributed by atoms with van der Waals surface area (Å²) in [4.78, 5) is 0. The molecule has 1 aromatic carbocycles. The lowest BCUT2D eigenvalue weighted by Crippen LogP contribution is -2.19. The lowest BCUT2D eigenvalue weighted by Gasteiger charge is -2.08. The van der Waals surface area contributed by atoms with E-state index in [4.69, 9.17) is 0 Å². The maximum absolute atomic E-state index is 3.45. The van der Waals surface area contributed by atoms with Gasteiger partial charge in [0.15, 0.2) is 12.4 Å². The summed E-state index contributed by atoms with van der Waals surface area (Å²) in [5, 5.41) is 3.45. The third-order valence-corrected chi connectivity index (χ3v) is 3.44. The zero-order chi connectivity index (χ0) is 13.2. The second-order valence-corrected chi connectivity index (χ2v) is 4.87. The van der Waals surface area contributed by atoms with E-state index in [2.05, 4.69) is 78.4 Å². The monoisotopic (exact) mass is 249 g/mol. The summed E-state index contributed by atoms with van der Waals surface area (Å²) in [5.41, 5.74) is 6.04. The summed E-state index contributed by atoms with van der Waals surface area (Å²) in [5.74, 6) is 0. The van der Waals surface area contributed by atoms with Crippen LogP contribution >= 0.6 is 0 Å². The Kier molecular flexibility index (Phi) is 2.92. The van der Waals surface area contributed by atoms with E-state index in [0.29, 0.717) is 0 Å². The van der Waals surface area contributed by atoms with Gasteiger partial charge in [-0.15, -0.1) is 0 Å². The van der Waals surface area contributed by atoms with Crippen LogP contribution < -0.4 is 9.72 Å². The molecule has 0 spiro atoms. The Bertz CT molecular complexity index is 732. The van der Waals surface area contributed by atoms with Gasteiger partial charge in [-0.25, -0.2) is 0 Å². The number of benzene rings is 1. The van der Waals surface area contributed by atoms with Gasteiger partial charge in [0, 0.05) is 30.0 Å². The molecule has 0 saturated heterocycles. The summed E-state index contributed by atoms with van der Waals surface area (Å²) in [6.07, 6.45) is 4.12. The van der Waals surface area contributed by atoms with Crippen LogP contribution in [0, 0.1) is 13.8 Å². The number of hydrogen-bond acceptors (Lipinski definition) is 1. The van der Waals surface area contributed by atoms with E-state index in [1.807, 2.05) is 6.07 Å². The number of aromatic nitrogens is 1. The molecule has 0 bridgehead atoms. The fourth-order valence-electron chi connectivity index (χ4n) is 2.16. The van der Waals surface area contributed by atoms with Gasteiger partial charge in [-0.2, -0.15) is 4.40 Å². The smallest absolute Gasteiger partial charge is 0.212 e. The normalized spacial score (nSPS) is 10.6. The fourth-order valence-corrected chi connectivity index (χ4v) is 2.16. The minimum absolute atomic E-state index is 1.11. The van der Waals surface area contributed by atoms with E-state index < -0.39 is 0 Å². The summed E-state index contributed by atoms with van der Waals surface area (Å²) in [7, 11) is 0. The van der Waals surface area contributed by atoms with Gasteiger partial charge in [0.05, 0.1) is 5.69 Å². The number of fused-ring (bicyclic) bond motifs is 1. The molecule has 94 valence electrons. The number of rotatable bonds is 2. The molecule has 19 heavy (non-hydrogen) atoms. The first-order chi connectivity index (χ1) is 9.22. The van der Waals surface area contributed by atoms with Crippen LogP contribution in [0.4, 0.5) is 11.4 Å². The summed E-state index contributed by atoms with van der Waals surface area (Å²) >= 11 is 0. The highest BCUT2D eigenvalue weighted by molar-refractivity contribution is 5.63. The Morgan fingerprint density at radius 3 is 2.47 bits per heavy atom. The van der Waals surface area contributed by atoms with Crippen LogP contribution in [0.3, 0.4) is 0 Å². The molecule has 3 rings (SSSR count). The molecule has 2 aromatic heterocycles. The van der Waals surface area contributed by atoms with Crippen molar-refractivity contribution < 1.29 is 4.40 Å². The van der Waals surface area contributed by atoms with Crippen molar-refractivity contribution in [2.45, 2.75) is 13.8 Å². The molecule has 0 fully saturated rings. The van der Waals surface area contributed by atoms with Crippen LogP contribution in [-0.2, 0) is 0 Å². The van der Waals surface area contributed by atoms with E-state index in [-0.39, 0.29) is 0 Å². The molecule has 0 saturated carbocycles. The molecule has 0 aliphatic heterocycles. The van der Waals surface area contributed by atoms with E-state index in [1.165, 1.54) is 16.6 Å². The molecule has 0 unspecified atom stereocenters. The lowest BCUT2D eigenvalue weighted by atomic mass is 10.1. The summed E-state index contributed by atoms with van der Waals surface area (Å²) in [6.45, 7) is 4.27. The van der Waals surface area contributed by atoms with Crippen LogP contribution in [0.5, 0.6) is 0 Å². The Balaban J connectivity index is 1.94. The minimum atomic E-state index is 1.11. The van der Waals surface area contributed by atoms with Crippen molar-refractivity contribution in [3.05, 3.63) is 72.1 Å². The number of nitrogens with one attached hydrogen (secondary N) is 1. The average Bonchev–Trinajstić information content (AvgIpc) is 2.43. The van der Waals surface area contributed by atoms with Crippen molar-refractivity contribution in [3.63, 3.8) is 0 Å². The highest BCUT2D eigenvalue weighted by atomic mass is 14.9. The highest BCUT2D eigenvalue weighted by Crippen LogP contribution is 2.19. The maximum Gasteiger partial charge on any atom is 0.212 e. The zero-order valence-corrected chi connectivity index (χ0v) is 11.2. The molecule has 2 nitrogen and oxygen atoms in total. The Hall–Kier alpha value is -2.35. The fraction of sp³-hybridized carbons (Fsp3) is 0.118. The number of hydrogen-bond donors (Lipinski definition) is 1. The largest absolute Gasteiger partial charge is 0.355 e. The molecule has 0 aliphatic rings. The predicted octanol–water partition coefficient (Wildman–Crippen LogP) is 3.79. The third kappa shape index (κ3) is 2.43. The first-order valence-electron chi connectivity index (χ1n) is 6.47. The van der Waals surface area contributed by atoms with Gasteiger partial charge in [-0.3, -0.25) is 0 Å². The van der Waals surface area contributed by atoms with Crippen molar-refractivity contribution in [3.8, 4) is 0 Å². The highest BCUT2D eigenvalue weighted by Gasteiger charge is 2.03. The van der Waals surface area contributed by atoms with Gasteiger partial charge < -0.3 is 5.32 Å². The lowest BCUT2D eigenvalue weighted by molar-refractivity contribution is -0.511. The van der Waals surface area contributed by atoms with Gasteiger partial charge in [0.1, 0.15) is 0 Å². The molecule has 0 amide bonds.